The van der Waals surface area contributed by atoms with Crippen molar-refractivity contribution in [3.8, 4) is 0 Å². The van der Waals surface area contributed by atoms with Gasteiger partial charge in [0.15, 0.2) is 0 Å². The summed E-state index contributed by atoms with van der Waals surface area (Å²) in [7, 11) is 0. The standard InChI is InChI=1S/C17H22FN3O3S/c1-2-20-9-10-21(17(24)16(20)23)12-15(22)19-8-3-11-25-14-6-4-13(18)5-7-14/h4-7H,2-3,8-12H2,1H3,(H,19,22). The number of thioether (sulfide) groups is 1. The number of amides is 3. The first kappa shape index (κ1) is 19.2. The van der Waals surface area contributed by atoms with Gasteiger partial charge in [-0.2, -0.15) is 0 Å². The molecule has 0 aromatic heterocycles. The van der Waals surface area contributed by atoms with E-state index in [4.69, 9.17) is 0 Å². The molecule has 25 heavy (non-hydrogen) atoms. The molecule has 2 rings (SSSR count). The number of benzene rings is 1. The molecule has 1 N–H and O–H groups in total. The fourth-order valence-corrected chi connectivity index (χ4v) is 3.27. The monoisotopic (exact) mass is 367 g/mol. The average molecular weight is 367 g/mol. The Morgan fingerprint density at radius 1 is 1.16 bits per heavy atom. The molecule has 1 heterocycles. The predicted octanol–water partition coefficient (Wildman–Crippen LogP) is 1.11. The molecule has 1 aliphatic heterocycles. The fraction of sp³-hybridized carbons (Fsp3) is 0.471. The zero-order valence-corrected chi connectivity index (χ0v) is 15.0. The SMILES string of the molecule is CCN1CCN(CC(=O)NCCCSc2ccc(F)cc2)C(=O)C1=O. The fourth-order valence-electron chi connectivity index (χ4n) is 2.42. The average Bonchev–Trinajstić information content (AvgIpc) is 2.60. The van der Waals surface area contributed by atoms with Crippen molar-refractivity contribution in [2.24, 2.45) is 0 Å². The second-order valence-corrected chi connectivity index (χ2v) is 6.79. The minimum Gasteiger partial charge on any atom is -0.355 e. The van der Waals surface area contributed by atoms with Crippen LogP contribution in [-0.4, -0.2) is 66.0 Å². The van der Waals surface area contributed by atoms with Crippen LogP contribution >= 0.6 is 11.8 Å². The summed E-state index contributed by atoms with van der Waals surface area (Å²) in [5.41, 5.74) is 0. The lowest BCUT2D eigenvalue weighted by Gasteiger charge is -2.32. The molecule has 0 saturated carbocycles. The van der Waals surface area contributed by atoms with Gasteiger partial charge in [-0.3, -0.25) is 14.4 Å². The number of carbonyl (C=O) groups is 3. The highest BCUT2D eigenvalue weighted by atomic mass is 32.2. The van der Waals surface area contributed by atoms with Crippen molar-refractivity contribution < 1.29 is 18.8 Å². The normalized spacial score (nSPS) is 14.8. The van der Waals surface area contributed by atoms with Gasteiger partial charge < -0.3 is 15.1 Å². The number of halogens is 1. The Kier molecular flexibility index (Phi) is 7.24. The number of carbonyl (C=O) groups excluding carboxylic acids is 3. The van der Waals surface area contributed by atoms with Gasteiger partial charge in [-0.1, -0.05) is 0 Å². The number of hydrogen-bond acceptors (Lipinski definition) is 4. The maximum Gasteiger partial charge on any atom is 0.312 e. The van der Waals surface area contributed by atoms with Crippen LogP contribution < -0.4 is 5.32 Å². The Bertz CT molecular complexity index is 624. The summed E-state index contributed by atoms with van der Waals surface area (Å²) in [5.74, 6) is -0.895. The maximum absolute atomic E-state index is 12.8. The van der Waals surface area contributed by atoms with Crippen LogP contribution in [0, 0.1) is 5.82 Å². The van der Waals surface area contributed by atoms with Crippen molar-refractivity contribution >= 4 is 29.5 Å². The quantitative estimate of drug-likeness (QED) is 0.425. The van der Waals surface area contributed by atoms with Crippen molar-refractivity contribution in [3.05, 3.63) is 30.1 Å². The van der Waals surface area contributed by atoms with Crippen LogP contribution in [0.25, 0.3) is 0 Å². The van der Waals surface area contributed by atoms with E-state index >= 15 is 0 Å². The molecule has 1 aliphatic rings. The zero-order chi connectivity index (χ0) is 18.2. The molecule has 0 atom stereocenters. The van der Waals surface area contributed by atoms with Crippen molar-refractivity contribution in [2.45, 2.75) is 18.2 Å². The number of piperazine rings is 1. The van der Waals surface area contributed by atoms with Crippen molar-refractivity contribution in [1.29, 1.82) is 0 Å². The largest absolute Gasteiger partial charge is 0.355 e. The van der Waals surface area contributed by atoms with Crippen molar-refractivity contribution in [3.63, 3.8) is 0 Å². The third-order valence-electron chi connectivity index (χ3n) is 3.84. The van der Waals surface area contributed by atoms with Crippen LogP contribution in [0.1, 0.15) is 13.3 Å². The molecule has 8 heteroatoms. The summed E-state index contributed by atoms with van der Waals surface area (Å²) < 4.78 is 12.8. The molecular formula is C17H22FN3O3S. The molecule has 0 bridgehead atoms. The summed E-state index contributed by atoms with van der Waals surface area (Å²) in [6.45, 7) is 3.56. The van der Waals surface area contributed by atoms with E-state index in [-0.39, 0.29) is 18.3 Å². The van der Waals surface area contributed by atoms with Gasteiger partial charge in [-0.05, 0) is 43.4 Å². The van der Waals surface area contributed by atoms with E-state index in [0.29, 0.717) is 26.2 Å². The number of nitrogens with one attached hydrogen (secondary N) is 1. The molecule has 6 nitrogen and oxygen atoms in total. The highest BCUT2D eigenvalue weighted by molar-refractivity contribution is 7.99. The van der Waals surface area contributed by atoms with E-state index in [1.807, 2.05) is 6.92 Å². The molecule has 1 saturated heterocycles. The van der Waals surface area contributed by atoms with Gasteiger partial charge in [-0.15, -0.1) is 11.8 Å². The van der Waals surface area contributed by atoms with Crippen LogP contribution in [0.15, 0.2) is 29.2 Å². The summed E-state index contributed by atoms with van der Waals surface area (Å²) in [6.07, 6.45) is 0.754. The first-order valence-corrected chi connectivity index (χ1v) is 9.23. The maximum atomic E-state index is 12.8. The number of likely N-dealkylation sites (N-methyl/N-ethyl adjacent to an activating group) is 1. The van der Waals surface area contributed by atoms with Gasteiger partial charge in [0.25, 0.3) is 0 Å². The van der Waals surface area contributed by atoms with E-state index in [2.05, 4.69) is 5.32 Å². The summed E-state index contributed by atoms with van der Waals surface area (Å²) in [5, 5.41) is 2.75. The molecule has 1 fully saturated rings. The van der Waals surface area contributed by atoms with E-state index in [1.54, 1.807) is 23.9 Å². The van der Waals surface area contributed by atoms with Gasteiger partial charge in [0.05, 0.1) is 0 Å². The Hall–Kier alpha value is -2.09. The predicted molar refractivity (Wildman–Crippen MR) is 93.6 cm³/mol. The number of rotatable bonds is 8. The number of hydrogen-bond donors (Lipinski definition) is 1. The van der Waals surface area contributed by atoms with E-state index in [9.17, 15) is 18.8 Å². The van der Waals surface area contributed by atoms with Gasteiger partial charge in [0.1, 0.15) is 12.4 Å². The summed E-state index contributed by atoms with van der Waals surface area (Å²) in [4.78, 5) is 39.3. The molecule has 136 valence electrons. The highest BCUT2D eigenvalue weighted by Crippen LogP contribution is 2.18. The van der Waals surface area contributed by atoms with Gasteiger partial charge in [-0.25, -0.2) is 4.39 Å². The minimum atomic E-state index is -0.616. The Balaban J connectivity index is 1.63. The van der Waals surface area contributed by atoms with Crippen LogP contribution in [0.5, 0.6) is 0 Å². The zero-order valence-electron chi connectivity index (χ0n) is 14.2. The Morgan fingerprint density at radius 3 is 2.48 bits per heavy atom. The molecule has 0 radical (unpaired) electrons. The lowest BCUT2D eigenvalue weighted by Crippen LogP contribution is -2.56. The van der Waals surface area contributed by atoms with E-state index < -0.39 is 11.8 Å². The Labute approximate surface area is 150 Å². The van der Waals surface area contributed by atoms with Gasteiger partial charge in [0, 0.05) is 31.1 Å². The van der Waals surface area contributed by atoms with Crippen molar-refractivity contribution in [1.82, 2.24) is 15.1 Å². The van der Waals surface area contributed by atoms with Gasteiger partial charge in [0.2, 0.25) is 5.91 Å². The minimum absolute atomic E-state index is 0.0900. The van der Waals surface area contributed by atoms with Crippen LogP contribution in [0.2, 0.25) is 0 Å². The molecule has 0 unspecified atom stereocenters. The summed E-state index contributed by atoms with van der Waals surface area (Å²) in [6, 6.07) is 6.27. The second-order valence-electron chi connectivity index (χ2n) is 5.62. The molecule has 0 spiro atoms. The molecular weight excluding hydrogens is 345 g/mol. The van der Waals surface area contributed by atoms with E-state index in [0.717, 1.165) is 17.1 Å². The highest BCUT2D eigenvalue weighted by Gasteiger charge is 2.32. The topological polar surface area (TPSA) is 69.7 Å². The lowest BCUT2D eigenvalue weighted by atomic mass is 10.3. The molecule has 3 amide bonds. The first-order chi connectivity index (χ1) is 12.0. The molecule has 1 aromatic rings. The number of nitrogens with zero attached hydrogens (tertiary/aromatic N) is 2. The molecule has 0 aliphatic carbocycles. The van der Waals surface area contributed by atoms with Crippen molar-refractivity contribution in [2.75, 3.05) is 38.5 Å². The van der Waals surface area contributed by atoms with E-state index in [1.165, 1.54) is 21.9 Å². The third kappa shape index (κ3) is 5.74. The lowest BCUT2D eigenvalue weighted by molar-refractivity contribution is -0.156. The van der Waals surface area contributed by atoms with Crippen LogP contribution in [-0.2, 0) is 14.4 Å². The smallest absolute Gasteiger partial charge is 0.312 e. The Morgan fingerprint density at radius 2 is 1.80 bits per heavy atom. The van der Waals surface area contributed by atoms with Gasteiger partial charge >= 0.3 is 11.8 Å². The van der Waals surface area contributed by atoms with Crippen LogP contribution in [0.4, 0.5) is 4.39 Å². The van der Waals surface area contributed by atoms with Crippen LogP contribution in [0.3, 0.4) is 0 Å². The second kappa shape index (κ2) is 9.41. The first-order valence-electron chi connectivity index (χ1n) is 8.24. The third-order valence-corrected chi connectivity index (χ3v) is 4.94. The molecule has 1 aromatic carbocycles. The summed E-state index contributed by atoms with van der Waals surface area (Å²) >= 11 is 1.59.